The third-order valence-electron chi connectivity index (χ3n) is 3.37. The molecule has 1 N–H and O–H groups in total. The van der Waals surface area contributed by atoms with E-state index in [4.69, 9.17) is 30.0 Å². The van der Waals surface area contributed by atoms with Crippen LogP contribution in [0.3, 0.4) is 0 Å². The molecule has 1 saturated heterocycles. The van der Waals surface area contributed by atoms with Crippen molar-refractivity contribution in [2.45, 2.75) is 45.1 Å². The summed E-state index contributed by atoms with van der Waals surface area (Å²) in [4.78, 5) is -0.253. The second-order valence-corrected chi connectivity index (χ2v) is 5.55. The number of piperidine rings is 1. The lowest BCUT2D eigenvalue weighted by Crippen LogP contribution is -2.48. The number of fused-ring (bicyclic) bond motifs is 3. The monoisotopic (exact) mass is 335 g/mol. The summed E-state index contributed by atoms with van der Waals surface area (Å²) in [5, 5.41) is 11.3. The van der Waals surface area contributed by atoms with Gasteiger partial charge in [0.05, 0.1) is 29.8 Å². The fraction of sp³-hybridized carbons (Fsp3) is 0.684. The lowest BCUT2D eigenvalue weighted by molar-refractivity contribution is -0.0191. The molecule has 4 heteroatoms. The second kappa shape index (κ2) is 6.70. The van der Waals surface area contributed by atoms with E-state index in [1.165, 1.54) is 13.8 Å². The highest BCUT2D eigenvalue weighted by Gasteiger charge is 2.38. The highest BCUT2D eigenvalue weighted by molar-refractivity contribution is 5.49. The average molecular weight is 336 g/mol. The quantitative estimate of drug-likeness (QED) is 0.918. The number of ether oxygens (including phenoxy) is 2. The van der Waals surface area contributed by atoms with E-state index in [-0.39, 0.29) is 4.90 Å². The molecule has 2 heterocycles. The molecule has 3 unspecified atom stereocenters. The van der Waals surface area contributed by atoms with Gasteiger partial charge in [-0.05, 0) is 54.2 Å². The summed E-state index contributed by atoms with van der Waals surface area (Å²) < 4.78 is 146. The van der Waals surface area contributed by atoms with Crippen LogP contribution in [0.5, 0.6) is 11.5 Å². The molecule has 0 aliphatic carbocycles. The van der Waals surface area contributed by atoms with E-state index in [2.05, 4.69) is 0 Å². The number of hydrogen-bond acceptors (Lipinski definition) is 4. The van der Waals surface area contributed by atoms with Crippen molar-refractivity contribution in [3.05, 3.63) is 23.2 Å². The third-order valence-corrected chi connectivity index (χ3v) is 3.37. The molecule has 23 heavy (non-hydrogen) atoms. The molecule has 1 fully saturated rings. The van der Waals surface area contributed by atoms with Crippen LogP contribution in [-0.4, -0.2) is 43.2 Å². The van der Waals surface area contributed by atoms with Crippen molar-refractivity contribution in [1.82, 2.24) is 4.90 Å². The molecule has 0 amide bonds. The lowest BCUT2D eigenvalue weighted by Gasteiger charge is -2.46. The van der Waals surface area contributed by atoms with Crippen LogP contribution in [0.1, 0.15) is 65.7 Å². The van der Waals surface area contributed by atoms with Gasteiger partial charge in [-0.15, -0.1) is 0 Å². The Labute approximate surface area is 161 Å². The number of methoxy groups -OCH3 is 2. The summed E-state index contributed by atoms with van der Waals surface area (Å²) in [5.74, 6) is -5.81. The number of benzene rings is 1. The van der Waals surface area contributed by atoms with Crippen LogP contribution in [-0.2, 0) is 6.37 Å². The first-order valence-electron chi connectivity index (χ1n) is 15.1. The standard InChI is InChI=1S/C19H29NO3/c1-12(2)7-14-11-20-6-5-13-8-18(22-3)19(23-4)9-15(13)16(20)10-17(14)21/h8-9,12,14,16-17,21H,5-7,10-11H2,1-4H3/i4D3,5D2,6D2,8D,9D,10D2,11D2,14D,16D,17D. The SMILES string of the molecule is [2H]c1c(OC)c(OC([2H])([2H])[2H])c([2H])c2c1C([2H])([2H])C([2H])([2H])N1C([2H])([2H])C([2H])(CC(C)C)C([2H])(O)C([2H])([2H])C21[2H]. The molecular formula is C19H29NO3. The molecule has 4 nitrogen and oxygen atoms in total. The molecule has 1 aromatic carbocycles. The zero-order chi connectivity index (χ0) is 30.7. The Kier molecular flexibility index (Phi) is 1.72. The Morgan fingerprint density at radius 3 is 2.96 bits per heavy atom. The zero-order valence-corrected chi connectivity index (χ0v) is 13.0. The molecule has 2 aliphatic heterocycles. The third kappa shape index (κ3) is 3.20. The van der Waals surface area contributed by atoms with Gasteiger partial charge in [-0.3, -0.25) is 4.90 Å². The van der Waals surface area contributed by atoms with Crippen molar-refractivity contribution >= 4 is 0 Å². The molecule has 2 aliphatic rings. The zero-order valence-electron chi connectivity index (χ0n) is 29.0. The molecule has 1 aromatic rings. The maximum Gasteiger partial charge on any atom is 0.161 e. The average Bonchev–Trinajstić information content (AvgIpc) is 2.71. The largest absolute Gasteiger partial charge is 0.493 e. The minimum Gasteiger partial charge on any atom is -0.493 e. The van der Waals surface area contributed by atoms with Crippen molar-refractivity contribution in [3.63, 3.8) is 0 Å². The maximum atomic E-state index is 11.3. The van der Waals surface area contributed by atoms with Crippen molar-refractivity contribution in [2.24, 2.45) is 11.8 Å². The summed E-state index contributed by atoms with van der Waals surface area (Å²) in [5.41, 5.74) is -2.41. The smallest absolute Gasteiger partial charge is 0.161 e. The molecule has 0 spiro atoms. The van der Waals surface area contributed by atoms with Gasteiger partial charge in [-0.1, -0.05) is 13.8 Å². The van der Waals surface area contributed by atoms with Crippen molar-refractivity contribution in [1.29, 1.82) is 0 Å². The van der Waals surface area contributed by atoms with Crippen LogP contribution in [0.4, 0.5) is 0 Å². The Morgan fingerprint density at radius 1 is 1.48 bits per heavy atom. The second-order valence-electron chi connectivity index (χ2n) is 5.55. The van der Waals surface area contributed by atoms with Gasteiger partial charge in [-0.25, -0.2) is 0 Å². The van der Waals surface area contributed by atoms with Crippen molar-refractivity contribution in [3.8, 4) is 11.5 Å². The van der Waals surface area contributed by atoms with E-state index in [0.29, 0.717) is 0 Å². The molecule has 0 aromatic heterocycles. The van der Waals surface area contributed by atoms with E-state index >= 15 is 0 Å². The topological polar surface area (TPSA) is 41.9 Å². The fourth-order valence-corrected chi connectivity index (χ4v) is 2.36. The summed E-state index contributed by atoms with van der Waals surface area (Å²) in [6, 6.07) is -6.09. The van der Waals surface area contributed by atoms with Gasteiger partial charge in [0.1, 0.15) is 0 Å². The summed E-state index contributed by atoms with van der Waals surface area (Å²) in [7, 11) is -2.38. The molecule has 0 bridgehead atoms. The van der Waals surface area contributed by atoms with Gasteiger partial charge in [0.15, 0.2) is 11.5 Å². The van der Waals surface area contributed by atoms with E-state index in [9.17, 15) is 6.48 Å². The number of aliphatic hydroxyl groups is 1. The first-order valence-corrected chi connectivity index (χ1v) is 7.08. The summed E-state index contributed by atoms with van der Waals surface area (Å²) >= 11 is 0. The summed E-state index contributed by atoms with van der Waals surface area (Å²) in [6.07, 6.45) is -11.9. The van der Waals surface area contributed by atoms with Crippen LogP contribution >= 0.6 is 0 Å². The van der Waals surface area contributed by atoms with Crippen molar-refractivity contribution < 1.29 is 36.5 Å². The van der Waals surface area contributed by atoms with E-state index in [1.807, 2.05) is 0 Å². The van der Waals surface area contributed by atoms with Gasteiger partial charge in [0, 0.05) is 31.3 Å². The summed E-state index contributed by atoms with van der Waals surface area (Å²) in [6.45, 7) is -4.45. The maximum absolute atomic E-state index is 11.3. The van der Waals surface area contributed by atoms with Crippen molar-refractivity contribution in [2.75, 3.05) is 27.1 Å². The van der Waals surface area contributed by atoms with E-state index in [0.717, 1.165) is 7.11 Å². The highest BCUT2D eigenvalue weighted by Crippen LogP contribution is 2.43. The highest BCUT2D eigenvalue weighted by atomic mass is 16.5. The van der Waals surface area contributed by atoms with Gasteiger partial charge >= 0.3 is 0 Å². The molecule has 3 rings (SSSR count). The van der Waals surface area contributed by atoms with E-state index < -0.39 is 97.8 Å². The Morgan fingerprint density at radius 2 is 2.26 bits per heavy atom. The predicted molar refractivity (Wildman–Crippen MR) is 91.1 cm³/mol. The predicted octanol–water partition coefficient (Wildman–Crippen LogP) is 3.03. The number of nitrogens with zero attached hydrogens (tertiary/aromatic N) is 1. The van der Waals surface area contributed by atoms with Crippen LogP contribution in [0, 0.1) is 11.8 Å². The lowest BCUT2D eigenvalue weighted by atomic mass is 9.79. The molecule has 128 valence electrons. The first kappa shape index (κ1) is 5.92. The number of hydrogen-bond donors (Lipinski definition) is 1. The Bertz CT molecular complexity index is 1180. The Hall–Kier alpha value is -1.26. The number of rotatable bonds is 4. The van der Waals surface area contributed by atoms with Crippen LogP contribution < -0.4 is 9.47 Å². The van der Waals surface area contributed by atoms with E-state index in [1.54, 1.807) is 0 Å². The van der Waals surface area contributed by atoms with Crippen LogP contribution in [0.2, 0.25) is 0 Å². The molecule has 0 saturated carbocycles. The molecule has 3 atom stereocenters. The van der Waals surface area contributed by atoms with Gasteiger partial charge in [0.2, 0.25) is 0 Å². The molecular weight excluding hydrogens is 290 g/mol. The van der Waals surface area contributed by atoms with Gasteiger partial charge < -0.3 is 14.6 Å². The molecule has 0 radical (unpaired) electrons. The minimum atomic E-state index is -3.87. The minimum absolute atomic E-state index is 0.253. The first-order chi connectivity index (χ1) is 17.1. The Balaban J connectivity index is 2.67. The normalized spacial score (nSPS) is 56.6. The fourth-order valence-electron chi connectivity index (χ4n) is 2.36. The van der Waals surface area contributed by atoms with Crippen LogP contribution in [0.15, 0.2) is 12.1 Å². The van der Waals surface area contributed by atoms with Crippen LogP contribution in [0.25, 0.3) is 0 Å². The van der Waals surface area contributed by atoms with Gasteiger partial charge in [-0.2, -0.15) is 0 Å². The van der Waals surface area contributed by atoms with Gasteiger partial charge in [0.25, 0.3) is 0 Å².